The molecule has 0 bridgehead atoms. The molecular formula is C15H12BrClN6O3. The molecule has 3 rings (SSSR count). The van der Waals surface area contributed by atoms with Gasteiger partial charge in [0, 0.05) is 11.2 Å². The molecule has 0 aliphatic carbocycles. The number of anilines is 1. The average Bonchev–Trinajstić information content (AvgIpc) is 3.17. The number of nitrogens with one attached hydrogen (secondary N) is 1. The lowest BCUT2D eigenvalue weighted by atomic mass is 10.2. The Bertz CT molecular complexity index is 970. The highest BCUT2D eigenvalue weighted by Crippen LogP contribution is 2.22. The van der Waals surface area contributed by atoms with Crippen LogP contribution in [0.25, 0.3) is 0 Å². The smallest absolute Gasteiger partial charge is 0.358 e. The number of benzene rings is 1. The molecule has 0 aliphatic rings. The van der Waals surface area contributed by atoms with Gasteiger partial charge < -0.3 is 15.4 Å². The summed E-state index contributed by atoms with van der Waals surface area (Å²) in [5.74, 6) is -0.390. The lowest BCUT2D eigenvalue weighted by Gasteiger charge is -2.04. The van der Waals surface area contributed by atoms with Crippen LogP contribution in [0, 0.1) is 10.1 Å². The summed E-state index contributed by atoms with van der Waals surface area (Å²) in [6.45, 7) is 0.275. The van der Waals surface area contributed by atoms with Crippen LogP contribution in [-0.2, 0) is 17.9 Å². The van der Waals surface area contributed by atoms with E-state index in [9.17, 15) is 14.9 Å². The largest absolute Gasteiger partial charge is 0.389 e. The van der Waals surface area contributed by atoms with Crippen molar-refractivity contribution >= 4 is 45.1 Å². The summed E-state index contributed by atoms with van der Waals surface area (Å²) in [5, 5.41) is 21.9. The minimum Gasteiger partial charge on any atom is -0.358 e. The Balaban J connectivity index is 1.66. The van der Waals surface area contributed by atoms with Gasteiger partial charge in [-0.1, -0.05) is 29.8 Å². The van der Waals surface area contributed by atoms with Crippen molar-refractivity contribution in [2.45, 2.75) is 13.1 Å². The molecule has 26 heavy (non-hydrogen) atoms. The predicted octanol–water partition coefficient (Wildman–Crippen LogP) is 3.09. The molecule has 0 saturated heterocycles. The number of halogens is 2. The molecule has 11 heteroatoms. The fourth-order valence-electron chi connectivity index (χ4n) is 2.22. The van der Waals surface area contributed by atoms with Crippen LogP contribution in [0.3, 0.4) is 0 Å². The zero-order valence-electron chi connectivity index (χ0n) is 13.2. The molecule has 2 aromatic heterocycles. The third kappa shape index (κ3) is 4.27. The summed E-state index contributed by atoms with van der Waals surface area (Å²) in [5.41, 5.74) is 0.894. The van der Waals surface area contributed by atoms with E-state index in [1.807, 2.05) is 18.2 Å². The van der Waals surface area contributed by atoms with E-state index in [4.69, 9.17) is 11.6 Å². The fourth-order valence-corrected chi connectivity index (χ4v) is 2.83. The second kappa shape index (κ2) is 7.67. The molecular weight excluding hydrogens is 428 g/mol. The standard InChI is InChI=1S/C15H12BrClN6O3/c16-11-8-22(7-10-3-1-2-4-12(10)17)20-15(11)18-14(24)9-21-6-5-13(19-21)23(25)26/h1-6,8H,7,9H2,(H,18,20,24). The first kappa shape index (κ1) is 18.1. The minimum absolute atomic E-state index is 0.169. The van der Waals surface area contributed by atoms with Crippen molar-refractivity contribution in [3.8, 4) is 0 Å². The van der Waals surface area contributed by atoms with Gasteiger partial charge in [-0.25, -0.2) is 0 Å². The Morgan fingerprint density at radius 2 is 2.04 bits per heavy atom. The molecule has 0 fully saturated rings. The molecule has 1 amide bonds. The number of nitro groups is 1. The van der Waals surface area contributed by atoms with E-state index < -0.39 is 10.8 Å². The maximum atomic E-state index is 12.1. The zero-order valence-corrected chi connectivity index (χ0v) is 15.5. The van der Waals surface area contributed by atoms with Gasteiger partial charge >= 0.3 is 5.82 Å². The Hall–Kier alpha value is -2.72. The van der Waals surface area contributed by atoms with Crippen LogP contribution in [0.15, 0.2) is 47.2 Å². The number of amides is 1. The van der Waals surface area contributed by atoms with E-state index in [1.54, 1.807) is 16.9 Å². The monoisotopic (exact) mass is 438 g/mol. The van der Waals surface area contributed by atoms with Crippen LogP contribution in [0.5, 0.6) is 0 Å². The van der Waals surface area contributed by atoms with E-state index in [1.165, 1.54) is 16.9 Å². The van der Waals surface area contributed by atoms with Crippen LogP contribution in [-0.4, -0.2) is 30.4 Å². The van der Waals surface area contributed by atoms with Gasteiger partial charge in [0.15, 0.2) is 5.82 Å². The molecule has 0 unspecified atom stereocenters. The van der Waals surface area contributed by atoms with Crippen molar-refractivity contribution in [2.75, 3.05) is 5.32 Å². The first-order valence-electron chi connectivity index (χ1n) is 7.36. The van der Waals surface area contributed by atoms with Gasteiger partial charge in [-0.3, -0.25) is 9.48 Å². The molecule has 2 heterocycles. The van der Waals surface area contributed by atoms with Crippen molar-refractivity contribution in [3.63, 3.8) is 0 Å². The number of nitrogens with zero attached hydrogens (tertiary/aromatic N) is 5. The molecule has 0 atom stereocenters. The number of hydrogen-bond donors (Lipinski definition) is 1. The summed E-state index contributed by atoms with van der Waals surface area (Å²) in [4.78, 5) is 22.1. The van der Waals surface area contributed by atoms with E-state index in [2.05, 4.69) is 31.4 Å². The molecule has 1 N–H and O–H groups in total. The van der Waals surface area contributed by atoms with Gasteiger partial charge in [-0.05, 0) is 32.5 Å². The van der Waals surface area contributed by atoms with Gasteiger partial charge in [0.05, 0.1) is 28.4 Å². The van der Waals surface area contributed by atoms with Crippen LogP contribution >= 0.6 is 27.5 Å². The Morgan fingerprint density at radius 3 is 2.73 bits per heavy atom. The average molecular weight is 440 g/mol. The number of aromatic nitrogens is 4. The number of carbonyl (C=O) groups is 1. The van der Waals surface area contributed by atoms with Gasteiger partial charge in [-0.15, -0.1) is 0 Å². The van der Waals surface area contributed by atoms with E-state index in [0.29, 0.717) is 21.9 Å². The Labute approximate surface area is 160 Å². The summed E-state index contributed by atoms with van der Waals surface area (Å²) >= 11 is 9.48. The third-order valence-electron chi connectivity index (χ3n) is 3.38. The summed E-state index contributed by atoms with van der Waals surface area (Å²) in [6, 6.07) is 8.63. The van der Waals surface area contributed by atoms with Gasteiger partial charge in [0.1, 0.15) is 6.54 Å². The van der Waals surface area contributed by atoms with Crippen molar-refractivity contribution in [1.82, 2.24) is 19.6 Å². The summed E-state index contributed by atoms with van der Waals surface area (Å²) in [6.07, 6.45) is 3.08. The highest BCUT2D eigenvalue weighted by Gasteiger charge is 2.16. The first-order chi connectivity index (χ1) is 12.4. The second-order valence-corrected chi connectivity index (χ2v) is 6.55. The number of rotatable bonds is 6. The van der Waals surface area contributed by atoms with Crippen LogP contribution < -0.4 is 5.32 Å². The third-order valence-corrected chi connectivity index (χ3v) is 4.33. The van der Waals surface area contributed by atoms with Crippen molar-refractivity contribution in [1.29, 1.82) is 0 Å². The molecule has 3 aromatic rings. The number of carbonyl (C=O) groups excluding carboxylic acids is 1. The maximum absolute atomic E-state index is 12.1. The fraction of sp³-hybridized carbons (Fsp3) is 0.133. The topological polar surface area (TPSA) is 108 Å². The quantitative estimate of drug-likeness (QED) is 0.469. The van der Waals surface area contributed by atoms with Crippen LogP contribution in [0.4, 0.5) is 11.6 Å². The van der Waals surface area contributed by atoms with Crippen molar-refractivity contribution in [3.05, 3.63) is 67.9 Å². The van der Waals surface area contributed by atoms with E-state index in [-0.39, 0.29) is 12.4 Å². The van der Waals surface area contributed by atoms with Gasteiger partial charge in [0.25, 0.3) is 0 Å². The molecule has 1 aromatic carbocycles. The molecule has 9 nitrogen and oxygen atoms in total. The molecule has 0 aliphatic heterocycles. The zero-order chi connectivity index (χ0) is 18.7. The highest BCUT2D eigenvalue weighted by molar-refractivity contribution is 9.10. The Morgan fingerprint density at radius 1 is 1.27 bits per heavy atom. The number of hydrogen-bond acceptors (Lipinski definition) is 5. The Kier molecular flexibility index (Phi) is 5.33. The van der Waals surface area contributed by atoms with Crippen molar-refractivity contribution in [2.24, 2.45) is 0 Å². The first-order valence-corrected chi connectivity index (χ1v) is 8.53. The lowest BCUT2D eigenvalue weighted by Crippen LogP contribution is -2.19. The van der Waals surface area contributed by atoms with E-state index >= 15 is 0 Å². The normalized spacial score (nSPS) is 10.7. The minimum atomic E-state index is -0.624. The molecule has 0 radical (unpaired) electrons. The van der Waals surface area contributed by atoms with Gasteiger partial charge in [-0.2, -0.15) is 9.78 Å². The maximum Gasteiger partial charge on any atom is 0.389 e. The summed E-state index contributed by atoms with van der Waals surface area (Å²) in [7, 11) is 0. The highest BCUT2D eigenvalue weighted by atomic mass is 79.9. The molecule has 0 spiro atoms. The molecule has 0 saturated carbocycles. The van der Waals surface area contributed by atoms with Crippen LogP contribution in [0.2, 0.25) is 5.02 Å². The predicted molar refractivity (Wildman–Crippen MR) is 98.0 cm³/mol. The molecule has 134 valence electrons. The van der Waals surface area contributed by atoms with Gasteiger partial charge in [0.2, 0.25) is 5.91 Å². The van der Waals surface area contributed by atoms with Crippen molar-refractivity contribution < 1.29 is 9.72 Å². The SMILES string of the molecule is O=C(Cn1ccc([N+](=O)[O-])n1)Nc1nn(Cc2ccccc2Cl)cc1Br. The van der Waals surface area contributed by atoms with E-state index in [0.717, 1.165) is 5.56 Å². The second-order valence-electron chi connectivity index (χ2n) is 5.29. The van der Waals surface area contributed by atoms with Crippen LogP contribution in [0.1, 0.15) is 5.56 Å². The lowest BCUT2D eigenvalue weighted by molar-refractivity contribution is -0.389. The summed E-state index contributed by atoms with van der Waals surface area (Å²) < 4.78 is 3.42.